The van der Waals surface area contributed by atoms with Gasteiger partial charge in [-0.3, -0.25) is 4.99 Å². The predicted octanol–water partition coefficient (Wildman–Crippen LogP) is 1.88. The van der Waals surface area contributed by atoms with Gasteiger partial charge in [-0.15, -0.1) is 0 Å². The lowest BCUT2D eigenvalue weighted by atomic mass is 10.2. The van der Waals surface area contributed by atoms with Crippen LogP contribution in [0.3, 0.4) is 0 Å². The van der Waals surface area contributed by atoms with Crippen molar-refractivity contribution in [2.24, 2.45) is 4.99 Å². The first-order valence-corrected chi connectivity index (χ1v) is 2.73. The zero-order valence-corrected chi connectivity index (χ0v) is 5.36. The zero-order valence-electron chi connectivity index (χ0n) is 5.36. The maximum atomic E-state index is 3.99. The third-order valence-corrected chi connectivity index (χ3v) is 0.994. The van der Waals surface area contributed by atoms with E-state index in [1.807, 2.05) is 7.05 Å². The Bertz CT molecular complexity index is 64.6. The van der Waals surface area contributed by atoms with Gasteiger partial charge < -0.3 is 0 Å². The molecule has 0 atom stereocenters. The summed E-state index contributed by atoms with van der Waals surface area (Å²) in [5.74, 6) is 0. The molecular weight excluding hydrogens is 86.1 g/mol. The summed E-state index contributed by atoms with van der Waals surface area (Å²) in [6, 6.07) is 0. The van der Waals surface area contributed by atoms with E-state index in [-0.39, 0.29) is 0 Å². The Morgan fingerprint density at radius 3 is 2.29 bits per heavy atom. The monoisotopic (exact) mass is 99.1 g/mol. The van der Waals surface area contributed by atoms with Crippen LogP contribution in [-0.4, -0.2) is 12.8 Å². The third-order valence-electron chi connectivity index (χ3n) is 0.994. The molecule has 0 N–H and O–H groups in total. The molecule has 1 nitrogen and oxygen atoms in total. The van der Waals surface area contributed by atoms with Gasteiger partial charge in [-0.05, 0) is 13.3 Å². The molecule has 0 saturated carbocycles. The molecule has 0 aromatic carbocycles. The molecule has 0 rings (SSSR count). The molecule has 0 radical (unpaired) electrons. The van der Waals surface area contributed by atoms with E-state index in [0.717, 1.165) is 6.42 Å². The Labute approximate surface area is 45.5 Å². The lowest BCUT2D eigenvalue weighted by molar-refractivity contribution is 0.985. The summed E-state index contributed by atoms with van der Waals surface area (Å²) in [7, 11) is 1.84. The maximum absolute atomic E-state index is 3.99. The van der Waals surface area contributed by atoms with Crippen LogP contribution in [0.15, 0.2) is 4.99 Å². The standard InChI is InChI=1S/C6H13N/c1-4-5-6(2)7-3/h4-5H2,1-3H3. The number of aliphatic imine (C=N–C) groups is 1. The smallest absolute Gasteiger partial charge is 0.0276 e. The molecule has 0 aliphatic carbocycles. The first kappa shape index (κ1) is 6.67. The maximum Gasteiger partial charge on any atom is 0.0276 e. The summed E-state index contributed by atoms with van der Waals surface area (Å²) in [6.45, 7) is 4.22. The molecule has 0 aromatic rings. The normalized spacial score (nSPS) is 12.1. The molecule has 0 fully saturated rings. The van der Waals surface area contributed by atoms with Crippen LogP contribution in [0.2, 0.25) is 0 Å². The highest BCUT2D eigenvalue weighted by Crippen LogP contribution is 1.88. The van der Waals surface area contributed by atoms with E-state index >= 15 is 0 Å². The Hall–Kier alpha value is -0.330. The van der Waals surface area contributed by atoms with E-state index in [1.165, 1.54) is 12.1 Å². The van der Waals surface area contributed by atoms with Crippen LogP contribution in [0.1, 0.15) is 26.7 Å². The Morgan fingerprint density at radius 2 is 2.14 bits per heavy atom. The molecule has 0 amide bonds. The van der Waals surface area contributed by atoms with Crippen molar-refractivity contribution in [3.8, 4) is 0 Å². The van der Waals surface area contributed by atoms with Crippen molar-refractivity contribution in [1.82, 2.24) is 0 Å². The van der Waals surface area contributed by atoms with Crippen molar-refractivity contribution >= 4 is 5.71 Å². The lowest BCUT2D eigenvalue weighted by Crippen LogP contribution is -1.86. The highest BCUT2D eigenvalue weighted by atomic mass is 14.7. The first-order valence-electron chi connectivity index (χ1n) is 2.73. The van der Waals surface area contributed by atoms with E-state index in [4.69, 9.17) is 0 Å². The predicted molar refractivity (Wildman–Crippen MR) is 33.9 cm³/mol. The Morgan fingerprint density at radius 1 is 1.57 bits per heavy atom. The fourth-order valence-corrected chi connectivity index (χ4v) is 0.474. The largest absolute Gasteiger partial charge is 0.298 e. The summed E-state index contributed by atoms with van der Waals surface area (Å²) in [4.78, 5) is 3.99. The summed E-state index contributed by atoms with van der Waals surface area (Å²) in [6.07, 6.45) is 2.36. The average Bonchev–Trinajstić information content (AvgIpc) is 1.68. The zero-order chi connectivity index (χ0) is 5.70. The molecule has 7 heavy (non-hydrogen) atoms. The molecule has 0 aromatic heterocycles. The summed E-state index contributed by atoms with van der Waals surface area (Å²) in [5.41, 5.74) is 1.25. The van der Waals surface area contributed by atoms with Crippen molar-refractivity contribution < 1.29 is 0 Å². The number of hydrogen-bond acceptors (Lipinski definition) is 1. The average molecular weight is 99.2 g/mol. The van der Waals surface area contributed by atoms with Crippen molar-refractivity contribution in [2.75, 3.05) is 7.05 Å². The third kappa shape index (κ3) is 3.50. The number of rotatable bonds is 2. The first-order chi connectivity index (χ1) is 3.31. The second-order valence-corrected chi connectivity index (χ2v) is 1.71. The quantitative estimate of drug-likeness (QED) is 0.469. The molecule has 42 valence electrons. The van der Waals surface area contributed by atoms with E-state index < -0.39 is 0 Å². The van der Waals surface area contributed by atoms with E-state index in [1.54, 1.807) is 0 Å². The van der Waals surface area contributed by atoms with Gasteiger partial charge in [0.2, 0.25) is 0 Å². The molecule has 0 aliphatic rings. The molecular formula is C6H13N. The SMILES string of the molecule is CCCC(C)=NC. The van der Waals surface area contributed by atoms with Gasteiger partial charge in [-0.2, -0.15) is 0 Å². The molecule has 0 heterocycles. The van der Waals surface area contributed by atoms with E-state index in [9.17, 15) is 0 Å². The van der Waals surface area contributed by atoms with Gasteiger partial charge in [0.25, 0.3) is 0 Å². The van der Waals surface area contributed by atoms with Crippen molar-refractivity contribution in [3.05, 3.63) is 0 Å². The van der Waals surface area contributed by atoms with Crippen molar-refractivity contribution in [2.45, 2.75) is 26.7 Å². The molecule has 0 bridgehead atoms. The van der Waals surface area contributed by atoms with E-state index in [2.05, 4.69) is 18.8 Å². The van der Waals surface area contributed by atoms with E-state index in [0.29, 0.717) is 0 Å². The molecule has 0 spiro atoms. The highest BCUT2D eigenvalue weighted by Gasteiger charge is 1.81. The fraction of sp³-hybridized carbons (Fsp3) is 0.833. The van der Waals surface area contributed by atoms with Crippen molar-refractivity contribution in [3.63, 3.8) is 0 Å². The minimum Gasteiger partial charge on any atom is -0.298 e. The summed E-state index contributed by atoms with van der Waals surface area (Å²) < 4.78 is 0. The van der Waals surface area contributed by atoms with Gasteiger partial charge >= 0.3 is 0 Å². The van der Waals surface area contributed by atoms with Gasteiger partial charge in [0.1, 0.15) is 0 Å². The summed E-state index contributed by atoms with van der Waals surface area (Å²) >= 11 is 0. The van der Waals surface area contributed by atoms with Gasteiger partial charge in [-0.25, -0.2) is 0 Å². The van der Waals surface area contributed by atoms with Crippen LogP contribution in [-0.2, 0) is 0 Å². The van der Waals surface area contributed by atoms with Crippen LogP contribution in [0.4, 0.5) is 0 Å². The molecule has 1 heteroatoms. The number of hydrogen-bond donors (Lipinski definition) is 0. The summed E-state index contributed by atoms with van der Waals surface area (Å²) in [5, 5.41) is 0. The van der Waals surface area contributed by atoms with Crippen LogP contribution < -0.4 is 0 Å². The van der Waals surface area contributed by atoms with Crippen LogP contribution in [0.5, 0.6) is 0 Å². The lowest BCUT2D eigenvalue weighted by Gasteiger charge is -1.89. The minimum atomic E-state index is 1.15. The molecule has 0 saturated heterocycles. The Balaban J connectivity index is 3.17. The highest BCUT2D eigenvalue weighted by molar-refractivity contribution is 5.81. The topological polar surface area (TPSA) is 12.4 Å². The van der Waals surface area contributed by atoms with Gasteiger partial charge in [-0.1, -0.05) is 13.3 Å². The van der Waals surface area contributed by atoms with Crippen LogP contribution >= 0.6 is 0 Å². The van der Waals surface area contributed by atoms with Gasteiger partial charge in [0, 0.05) is 12.8 Å². The van der Waals surface area contributed by atoms with Crippen molar-refractivity contribution in [1.29, 1.82) is 0 Å². The fourth-order valence-electron chi connectivity index (χ4n) is 0.474. The van der Waals surface area contributed by atoms with Gasteiger partial charge in [0.15, 0.2) is 0 Å². The van der Waals surface area contributed by atoms with Crippen LogP contribution in [0, 0.1) is 0 Å². The number of nitrogens with zero attached hydrogens (tertiary/aromatic N) is 1. The van der Waals surface area contributed by atoms with Crippen LogP contribution in [0.25, 0.3) is 0 Å². The molecule has 0 aliphatic heterocycles. The minimum absolute atomic E-state index is 1.15. The second-order valence-electron chi connectivity index (χ2n) is 1.71. The van der Waals surface area contributed by atoms with Gasteiger partial charge in [0.05, 0.1) is 0 Å². The Kier molecular flexibility index (Phi) is 3.67. The second kappa shape index (κ2) is 3.85. The molecule has 0 unspecified atom stereocenters.